The van der Waals surface area contributed by atoms with E-state index in [9.17, 15) is 14.7 Å². The molecule has 1 aromatic rings. The lowest BCUT2D eigenvalue weighted by molar-refractivity contribution is -0.153. The second-order valence-electron chi connectivity index (χ2n) is 5.21. The summed E-state index contributed by atoms with van der Waals surface area (Å²) in [7, 11) is 0. The molecule has 0 aliphatic carbocycles. The summed E-state index contributed by atoms with van der Waals surface area (Å²) in [5.74, 6) is -1.09. The highest BCUT2D eigenvalue weighted by atomic mass is 35.5. The van der Waals surface area contributed by atoms with Gasteiger partial charge in [-0.15, -0.1) is 0 Å². The molecule has 1 amide bonds. The van der Waals surface area contributed by atoms with E-state index < -0.39 is 23.5 Å². The van der Waals surface area contributed by atoms with Gasteiger partial charge >= 0.3 is 5.97 Å². The predicted molar refractivity (Wildman–Crippen MR) is 80.1 cm³/mol. The second kappa shape index (κ2) is 6.98. The van der Waals surface area contributed by atoms with E-state index >= 15 is 0 Å². The highest BCUT2D eigenvalue weighted by Crippen LogP contribution is 2.22. The summed E-state index contributed by atoms with van der Waals surface area (Å²) >= 11 is 5.86. The average molecular weight is 328 g/mol. The maximum atomic E-state index is 12.2. The number of benzene rings is 1. The first-order valence-electron chi connectivity index (χ1n) is 6.98. The summed E-state index contributed by atoms with van der Waals surface area (Å²) in [4.78, 5) is 23.7. The van der Waals surface area contributed by atoms with Crippen molar-refractivity contribution in [1.82, 2.24) is 5.32 Å². The molecule has 0 radical (unpaired) electrons. The quantitative estimate of drug-likeness (QED) is 0.862. The first-order chi connectivity index (χ1) is 10.4. The van der Waals surface area contributed by atoms with Gasteiger partial charge < -0.3 is 19.9 Å². The van der Waals surface area contributed by atoms with Crippen LogP contribution in [-0.2, 0) is 14.3 Å². The molecule has 1 heterocycles. The van der Waals surface area contributed by atoms with Gasteiger partial charge in [0, 0.05) is 31.1 Å². The zero-order valence-electron chi connectivity index (χ0n) is 12.2. The standard InChI is InChI=1S/C15H18ClNO5/c1-10(22-12-4-2-3-11(16)9-12)13(18)17-15(14(19)20)5-7-21-8-6-15/h2-4,9-10H,5-8H2,1H3,(H,17,18)(H,19,20). The number of halogens is 1. The lowest BCUT2D eigenvalue weighted by Gasteiger charge is -2.34. The summed E-state index contributed by atoms with van der Waals surface area (Å²) in [5, 5.41) is 12.5. The molecule has 1 aliphatic rings. The maximum Gasteiger partial charge on any atom is 0.329 e. The maximum absolute atomic E-state index is 12.2. The van der Waals surface area contributed by atoms with Gasteiger partial charge in [0.25, 0.3) is 5.91 Å². The lowest BCUT2D eigenvalue weighted by Crippen LogP contribution is -2.59. The van der Waals surface area contributed by atoms with Gasteiger partial charge in [0.2, 0.25) is 0 Å². The minimum atomic E-state index is -1.29. The molecule has 0 aromatic heterocycles. The minimum Gasteiger partial charge on any atom is -0.481 e. The highest BCUT2D eigenvalue weighted by Gasteiger charge is 2.42. The Kier molecular flexibility index (Phi) is 5.26. The molecule has 0 spiro atoms. The molecule has 1 unspecified atom stereocenters. The van der Waals surface area contributed by atoms with Gasteiger partial charge in [-0.25, -0.2) is 4.79 Å². The van der Waals surface area contributed by atoms with Gasteiger partial charge in [0.05, 0.1) is 0 Å². The van der Waals surface area contributed by atoms with Crippen LogP contribution in [0.15, 0.2) is 24.3 Å². The molecule has 2 rings (SSSR count). The minimum absolute atomic E-state index is 0.234. The Labute approximate surface area is 133 Å². The van der Waals surface area contributed by atoms with Crippen LogP contribution >= 0.6 is 11.6 Å². The van der Waals surface area contributed by atoms with Crippen LogP contribution in [0.1, 0.15) is 19.8 Å². The topological polar surface area (TPSA) is 84.9 Å². The molecular formula is C15H18ClNO5. The van der Waals surface area contributed by atoms with Crippen molar-refractivity contribution in [2.75, 3.05) is 13.2 Å². The van der Waals surface area contributed by atoms with E-state index in [0.29, 0.717) is 24.0 Å². The number of carboxylic acid groups (broad SMARTS) is 1. The average Bonchev–Trinajstić information content (AvgIpc) is 2.48. The number of aliphatic carboxylic acids is 1. The largest absolute Gasteiger partial charge is 0.481 e. The van der Waals surface area contributed by atoms with Crippen molar-refractivity contribution in [2.24, 2.45) is 0 Å². The fourth-order valence-corrected chi connectivity index (χ4v) is 2.43. The third-order valence-corrected chi connectivity index (χ3v) is 3.83. The Morgan fingerprint density at radius 3 is 2.68 bits per heavy atom. The number of hydrogen-bond donors (Lipinski definition) is 2. The van der Waals surface area contributed by atoms with Crippen LogP contribution in [-0.4, -0.2) is 41.8 Å². The predicted octanol–water partition coefficient (Wildman–Crippen LogP) is 1.86. The molecule has 0 bridgehead atoms. The Morgan fingerprint density at radius 2 is 2.09 bits per heavy atom. The molecule has 7 heteroatoms. The zero-order valence-corrected chi connectivity index (χ0v) is 12.9. The summed E-state index contributed by atoms with van der Waals surface area (Å²) in [5.41, 5.74) is -1.29. The normalized spacial score (nSPS) is 18.3. The van der Waals surface area contributed by atoms with Gasteiger partial charge in [-0.2, -0.15) is 0 Å². The smallest absolute Gasteiger partial charge is 0.329 e. The number of rotatable bonds is 5. The lowest BCUT2D eigenvalue weighted by atomic mass is 9.90. The molecule has 22 heavy (non-hydrogen) atoms. The van der Waals surface area contributed by atoms with E-state index in [4.69, 9.17) is 21.1 Å². The highest BCUT2D eigenvalue weighted by molar-refractivity contribution is 6.30. The van der Waals surface area contributed by atoms with Crippen molar-refractivity contribution >= 4 is 23.5 Å². The molecular weight excluding hydrogens is 310 g/mol. The number of carbonyl (C=O) groups excluding carboxylic acids is 1. The van der Waals surface area contributed by atoms with Crippen LogP contribution < -0.4 is 10.1 Å². The molecule has 2 N–H and O–H groups in total. The zero-order chi connectivity index (χ0) is 16.2. The van der Waals surface area contributed by atoms with Crippen LogP contribution in [0.4, 0.5) is 0 Å². The molecule has 1 fully saturated rings. The second-order valence-corrected chi connectivity index (χ2v) is 5.64. The van der Waals surface area contributed by atoms with Crippen molar-refractivity contribution in [1.29, 1.82) is 0 Å². The number of amides is 1. The van der Waals surface area contributed by atoms with Gasteiger partial charge in [-0.1, -0.05) is 17.7 Å². The molecule has 1 saturated heterocycles. The summed E-state index contributed by atoms with van der Waals surface area (Å²) in [6.45, 7) is 2.16. The molecule has 0 saturated carbocycles. The first kappa shape index (κ1) is 16.6. The number of carboxylic acids is 1. The van der Waals surface area contributed by atoms with Gasteiger partial charge in [0.1, 0.15) is 11.3 Å². The number of ether oxygens (including phenoxy) is 2. The third kappa shape index (κ3) is 3.90. The van der Waals surface area contributed by atoms with Crippen LogP contribution in [0.3, 0.4) is 0 Å². The Morgan fingerprint density at radius 1 is 1.41 bits per heavy atom. The molecule has 120 valence electrons. The van der Waals surface area contributed by atoms with Crippen molar-refractivity contribution in [3.63, 3.8) is 0 Å². The van der Waals surface area contributed by atoms with Crippen molar-refractivity contribution in [2.45, 2.75) is 31.4 Å². The first-order valence-corrected chi connectivity index (χ1v) is 7.36. The van der Waals surface area contributed by atoms with Crippen molar-refractivity contribution < 1.29 is 24.2 Å². The van der Waals surface area contributed by atoms with E-state index in [0.717, 1.165) is 0 Å². The fourth-order valence-electron chi connectivity index (χ4n) is 2.25. The molecule has 1 atom stereocenters. The van der Waals surface area contributed by atoms with E-state index in [1.54, 1.807) is 31.2 Å². The summed E-state index contributed by atoms with van der Waals surface area (Å²) in [6, 6.07) is 6.67. The fraction of sp³-hybridized carbons (Fsp3) is 0.467. The van der Waals surface area contributed by atoms with E-state index in [-0.39, 0.29) is 12.8 Å². The van der Waals surface area contributed by atoms with Crippen molar-refractivity contribution in [3.8, 4) is 5.75 Å². The molecule has 6 nitrogen and oxygen atoms in total. The number of nitrogens with one attached hydrogen (secondary N) is 1. The van der Waals surface area contributed by atoms with Crippen LogP contribution in [0.25, 0.3) is 0 Å². The number of carbonyl (C=O) groups is 2. The van der Waals surface area contributed by atoms with Crippen LogP contribution in [0, 0.1) is 0 Å². The SMILES string of the molecule is CC(Oc1cccc(Cl)c1)C(=O)NC1(C(=O)O)CCOCC1. The summed E-state index contributed by atoms with van der Waals surface area (Å²) in [6.07, 6.45) is -0.367. The molecule has 1 aliphatic heterocycles. The van der Waals surface area contributed by atoms with E-state index in [1.165, 1.54) is 0 Å². The Hall–Kier alpha value is -1.79. The molecule has 1 aromatic carbocycles. The van der Waals surface area contributed by atoms with E-state index in [1.807, 2.05) is 0 Å². The summed E-state index contributed by atoms with van der Waals surface area (Å²) < 4.78 is 10.7. The van der Waals surface area contributed by atoms with Gasteiger partial charge in [0.15, 0.2) is 6.10 Å². The van der Waals surface area contributed by atoms with Gasteiger partial charge in [-0.3, -0.25) is 4.79 Å². The van der Waals surface area contributed by atoms with E-state index in [2.05, 4.69) is 5.32 Å². The third-order valence-electron chi connectivity index (χ3n) is 3.60. The monoisotopic (exact) mass is 327 g/mol. The number of hydrogen-bond acceptors (Lipinski definition) is 4. The van der Waals surface area contributed by atoms with Crippen LogP contribution in [0.2, 0.25) is 5.02 Å². The van der Waals surface area contributed by atoms with Crippen molar-refractivity contribution in [3.05, 3.63) is 29.3 Å². The Balaban J connectivity index is 2.02. The van der Waals surface area contributed by atoms with Gasteiger partial charge in [-0.05, 0) is 25.1 Å². The van der Waals surface area contributed by atoms with Crippen LogP contribution in [0.5, 0.6) is 5.75 Å². The Bertz CT molecular complexity index is 557.